The fourth-order valence-electron chi connectivity index (χ4n) is 1.15. The van der Waals surface area contributed by atoms with Crippen molar-refractivity contribution in [2.24, 2.45) is 0 Å². The molecular weight excluding hydrogens is 197 g/mol. The molecule has 0 unspecified atom stereocenters. The molecule has 0 atom stereocenters. The Morgan fingerprint density at radius 2 is 2.00 bits per heavy atom. The van der Waals surface area contributed by atoms with Crippen LogP contribution in [0.15, 0.2) is 23.8 Å². The summed E-state index contributed by atoms with van der Waals surface area (Å²) in [6.45, 7) is 3.16. The molecular formula is C11H12FNO2. The number of nitrogens with two attached hydrogens (primary N) is 1. The minimum atomic E-state index is -0.990. The number of carbonyl (C=O) groups is 1. The summed E-state index contributed by atoms with van der Waals surface area (Å²) in [5.41, 5.74) is 6.83. The summed E-state index contributed by atoms with van der Waals surface area (Å²) in [6.07, 6.45) is 0. The van der Waals surface area contributed by atoms with Crippen LogP contribution >= 0.6 is 0 Å². The lowest BCUT2D eigenvalue weighted by atomic mass is 10.0. The fourth-order valence-corrected chi connectivity index (χ4v) is 1.15. The van der Waals surface area contributed by atoms with Gasteiger partial charge in [0.15, 0.2) is 0 Å². The molecule has 0 heterocycles. The van der Waals surface area contributed by atoms with Crippen molar-refractivity contribution in [1.29, 1.82) is 0 Å². The Hall–Kier alpha value is -1.84. The lowest BCUT2D eigenvalue weighted by Gasteiger charge is -2.06. The van der Waals surface area contributed by atoms with E-state index in [1.807, 2.05) is 0 Å². The van der Waals surface area contributed by atoms with E-state index in [1.54, 1.807) is 6.92 Å². The predicted molar refractivity (Wildman–Crippen MR) is 56.7 cm³/mol. The monoisotopic (exact) mass is 209 g/mol. The third-order valence-electron chi connectivity index (χ3n) is 2.31. The number of carboxylic acid groups (broad SMARTS) is 1. The molecule has 1 rings (SSSR count). The lowest BCUT2D eigenvalue weighted by Crippen LogP contribution is -2.00. The van der Waals surface area contributed by atoms with E-state index in [1.165, 1.54) is 25.1 Å². The Kier molecular flexibility index (Phi) is 3.09. The molecule has 15 heavy (non-hydrogen) atoms. The van der Waals surface area contributed by atoms with Gasteiger partial charge in [-0.15, -0.1) is 0 Å². The number of nitrogen functional groups attached to an aromatic ring is 1. The van der Waals surface area contributed by atoms with Crippen molar-refractivity contribution in [3.63, 3.8) is 0 Å². The summed E-state index contributed by atoms with van der Waals surface area (Å²) in [4.78, 5) is 10.7. The van der Waals surface area contributed by atoms with E-state index in [0.717, 1.165) is 0 Å². The van der Waals surface area contributed by atoms with Gasteiger partial charge >= 0.3 is 5.97 Å². The van der Waals surface area contributed by atoms with Crippen molar-refractivity contribution in [2.75, 3.05) is 5.73 Å². The minimum absolute atomic E-state index is 0.0186. The molecule has 0 amide bonds. The van der Waals surface area contributed by atoms with Crippen LogP contribution in [0, 0.1) is 5.82 Å². The molecule has 0 spiro atoms. The van der Waals surface area contributed by atoms with Crippen LogP contribution in [0.4, 0.5) is 10.1 Å². The average Bonchev–Trinajstić information content (AvgIpc) is 2.19. The zero-order chi connectivity index (χ0) is 11.6. The second-order valence-electron chi connectivity index (χ2n) is 3.29. The van der Waals surface area contributed by atoms with Crippen LogP contribution in [-0.2, 0) is 4.79 Å². The number of allylic oxidation sites excluding steroid dienone is 1. The van der Waals surface area contributed by atoms with Crippen molar-refractivity contribution < 1.29 is 14.3 Å². The summed E-state index contributed by atoms with van der Waals surface area (Å²) >= 11 is 0. The normalized spacial score (nSPS) is 12.2. The summed E-state index contributed by atoms with van der Waals surface area (Å²) in [7, 11) is 0. The van der Waals surface area contributed by atoms with E-state index in [0.29, 0.717) is 11.1 Å². The second-order valence-corrected chi connectivity index (χ2v) is 3.29. The molecule has 0 aliphatic carbocycles. The minimum Gasteiger partial charge on any atom is -0.478 e. The summed E-state index contributed by atoms with van der Waals surface area (Å²) in [5, 5.41) is 8.77. The van der Waals surface area contributed by atoms with Crippen molar-refractivity contribution in [2.45, 2.75) is 13.8 Å². The molecule has 0 radical (unpaired) electrons. The zero-order valence-electron chi connectivity index (χ0n) is 8.54. The Labute approximate surface area is 87.0 Å². The smallest absolute Gasteiger partial charge is 0.331 e. The van der Waals surface area contributed by atoms with E-state index >= 15 is 0 Å². The van der Waals surface area contributed by atoms with Crippen LogP contribution in [0.2, 0.25) is 0 Å². The first-order valence-corrected chi connectivity index (χ1v) is 4.39. The van der Waals surface area contributed by atoms with Gasteiger partial charge in [0.05, 0.1) is 5.69 Å². The standard InChI is InChI=1S/C11H12FNO2/c1-6(7(2)11(14)15)8-3-4-9(12)10(13)5-8/h3-5H,13H2,1-2H3,(H,14,15). The molecule has 80 valence electrons. The zero-order valence-corrected chi connectivity index (χ0v) is 8.54. The first-order chi connectivity index (χ1) is 6.93. The Bertz CT molecular complexity index is 438. The number of rotatable bonds is 2. The number of carboxylic acids is 1. The lowest BCUT2D eigenvalue weighted by molar-refractivity contribution is -0.132. The SMILES string of the molecule is CC(C(=O)O)=C(C)c1ccc(F)c(N)c1. The largest absolute Gasteiger partial charge is 0.478 e. The van der Waals surface area contributed by atoms with Crippen LogP contribution in [-0.4, -0.2) is 11.1 Å². The maximum absolute atomic E-state index is 12.9. The average molecular weight is 209 g/mol. The molecule has 4 heteroatoms. The van der Waals surface area contributed by atoms with Crippen LogP contribution in [0.5, 0.6) is 0 Å². The highest BCUT2D eigenvalue weighted by Crippen LogP contribution is 2.22. The number of hydrogen-bond acceptors (Lipinski definition) is 2. The molecule has 0 saturated heterocycles. The number of anilines is 1. The van der Waals surface area contributed by atoms with Crippen molar-refractivity contribution >= 4 is 17.2 Å². The molecule has 0 bridgehead atoms. The third-order valence-corrected chi connectivity index (χ3v) is 2.31. The first-order valence-electron chi connectivity index (χ1n) is 4.39. The van der Waals surface area contributed by atoms with Crippen molar-refractivity contribution in [3.05, 3.63) is 35.2 Å². The third kappa shape index (κ3) is 2.34. The Morgan fingerprint density at radius 1 is 1.40 bits per heavy atom. The van der Waals surface area contributed by atoms with Gasteiger partial charge in [-0.2, -0.15) is 0 Å². The van der Waals surface area contributed by atoms with Crippen LogP contribution in [0.3, 0.4) is 0 Å². The summed E-state index contributed by atoms with van der Waals surface area (Å²) in [6, 6.07) is 4.16. The predicted octanol–water partition coefficient (Wildman–Crippen LogP) is 2.29. The summed E-state index contributed by atoms with van der Waals surface area (Å²) in [5.74, 6) is -1.49. The van der Waals surface area contributed by atoms with Gasteiger partial charge in [0, 0.05) is 5.57 Å². The highest BCUT2D eigenvalue weighted by Gasteiger charge is 2.08. The molecule has 0 aromatic heterocycles. The molecule has 1 aromatic carbocycles. The van der Waals surface area contributed by atoms with Gasteiger partial charge in [0.25, 0.3) is 0 Å². The Morgan fingerprint density at radius 3 is 2.47 bits per heavy atom. The Balaban J connectivity index is 3.23. The van der Waals surface area contributed by atoms with E-state index < -0.39 is 11.8 Å². The van der Waals surface area contributed by atoms with E-state index in [9.17, 15) is 9.18 Å². The first kappa shape index (κ1) is 11.2. The molecule has 1 aromatic rings. The van der Waals surface area contributed by atoms with Gasteiger partial charge in [-0.3, -0.25) is 0 Å². The highest BCUT2D eigenvalue weighted by molar-refractivity contribution is 5.95. The van der Waals surface area contributed by atoms with Crippen LogP contribution in [0.1, 0.15) is 19.4 Å². The number of benzene rings is 1. The van der Waals surface area contributed by atoms with Crippen molar-refractivity contribution in [1.82, 2.24) is 0 Å². The second kappa shape index (κ2) is 4.13. The maximum Gasteiger partial charge on any atom is 0.331 e. The van der Waals surface area contributed by atoms with Gasteiger partial charge in [0.2, 0.25) is 0 Å². The number of hydrogen-bond donors (Lipinski definition) is 2. The quantitative estimate of drug-likeness (QED) is 0.580. The van der Waals surface area contributed by atoms with Crippen LogP contribution in [0.25, 0.3) is 5.57 Å². The highest BCUT2D eigenvalue weighted by atomic mass is 19.1. The van der Waals surface area contributed by atoms with Gasteiger partial charge in [-0.1, -0.05) is 6.07 Å². The van der Waals surface area contributed by atoms with E-state index in [4.69, 9.17) is 10.8 Å². The molecule has 0 aliphatic rings. The topological polar surface area (TPSA) is 63.3 Å². The van der Waals surface area contributed by atoms with E-state index in [2.05, 4.69) is 0 Å². The summed E-state index contributed by atoms with van der Waals surface area (Å²) < 4.78 is 12.9. The van der Waals surface area contributed by atoms with Gasteiger partial charge in [0.1, 0.15) is 5.82 Å². The van der Waals surface area contributed by atoms with Gasteiger partial charge < -0.3 is 10.8 Å². The van der Waals surface area contributed by atoms with Crippen molar-refractivity contribution in [3.8, 4) is 0 Å². The molecule has 0 saturated carbocycles. The molecule has 3 nitrogen and oxygen atoms in total. The number of aliphatic carboxylic acids is 1. The van der Waals surface area contributed by atoms with Gasteiger partial charge in [-0.05, 0) is 37.1 Å². The molecule has 0 aliphatic heterocycles. The van der Waals surface area contributed by atoms with Crippen LogP contribution < -0.4 is 5.73 Å². The molecule has 3 N–H and O–H groups in total. The van der Waals surface area contributed by atoms with E-state index in [-0.39, 0.29) is 11.3 Å². The fraction of sp³-hybridized carbons (Fsp3) is 0.182. The maximum atomic E-state index is 12.9. The van der Waals surface area contributed by atoms with Gasteiger partial charge in [-0.25, -0.2) is 9.18 Å². The molecule has 0 fully saturated rings. The number of halogens is 1.